The van der Waals surface area contributed by atoms with E-state index in [4.69, 9.17) is 17.0 Å². The zero-order chi connectivity index (χ0) is 16.5. The summed E-state index contributed by atoms with van der Waals surface area (Å²) in [5.41, 5.74) is -3.50. The Balaban J connectivity index is 2.51. The van der Waals surface area contributed by atoms with Gasteiger partial charge in [-0.3, -0.25) is 4.79 Å². The van der Waals surface area contributed by atoms with Crippen LogP contribution in [0.2, 0.25) is 0 Å². The molecule has 1 fully saturated rings. The Kier molecular flexibility index (Phi) is 4.64. The number of halogens is 3. The predicted octanol–water partition coefficient (Wildman–Crippen LogP) is 1.70. The summed E-state index contributed by atoms with van der Waals surface area (Å²) in [6.07, 6.45) is -5.12. The lowest BCUT2D eigenvalue weighted by atomic mass is 9.85. The highest BCUT2D eigenvalue weighted by Gasteiger charge is 2.66. The van der Waals surface area contributed by atoms with E-state index in [1.807, 2.05) is 0 Å². The highest BCUT2D eigenvalue weighted by atomic mass is 32.1. The van der Waals surface area contributed by atoms with Gasteiger partial charge in [0.05, 0.1) is 12.6 Å². The van der Waals surface area contributed by atoms with Gasteiger partial charge in [0.25, 0.3) is 5.72 Å². The largest absolute Gasteiger partial charge is 0.466 e. The maximum absolute atomic E-state index is 13.4. The smallest absolute Gasteiger partial charge is 0.437 e. The summed E-state index contributed by atoms with van der Waals surface area (Å²) in [7, 11) is 0. The van der Waals surface area contributed by atoms with Gasteiger partial charge in [0, 0.05) is 4.88 Å². The molecule has 1 aromatic rings. The van der Waals surface area contributed by atoms with E-state index in [1.165, 1.54) is 6.92 Å². The zero-order valence-corrected chi connectivity index (χ0v) is 12.9. The number of thiophene rings is 1. The van der Waals surface area contributed by atoms with E-state index in [1.54, 1.807) is 22.8 Å². The van der Waals surface area contributed by atoms with E-state index < -0.39 is 34.9 Å². The van der Waals surface area contributed by atoms with Crippen LogP contribution in [0.5, 0.6) is 0 Å². The molecule has 1 aliphatic heterocycles. The molecule has 5 nitrogen and oxygen atoms in total. The molecule has 0 amide bonds. The molecular weight excluding hydrogens is 341 g/mol. The average Bonchev–Trinajstić information content (AvgIpc) is 2.90. The molecule has 1 aliphatic rings. The number of alkyl halides is 3. The minimum Gasteiger partial charge on any atom is -0.466 e. The third-order valence-electron chi connectivity index (χ3n) is 3.20. The number of carbonyl (C=O) groups excluding carboxylic acids is 1. The fourth-order valence-electron chi connectivity index (χ4n) is 2.24. The zero-order valence-electron chi connectivity index (χ0n) is 11.3. The summed E-state index contributed by atoms with van der Waals surface area (Å²) < 4.78 is 44.8. The number of hydrogen-bond donors (Lipinski definition) is 3. The van der Waals surface area contributed by atoms with Crippen molar-refractivity contribution in [2.75, 3.05) is 6.61 Å². The molecule has 3 N–H and O–H groups in total. The van der Waals surface area contributed by atoms with Crippen molar-refractivity contribution >= 4 is 34.6 Å². The lowest BCUT2D eigenvalue weighted by Gasteiger charge is -2.45. The van der Waals surface area contributed by atoms with Crippen LogP contribution in [-0.2, 0) is 9.53 Å². The molecule has 0 spiro atoms. The van der Waals surface area contributed by atoms with Crippen molar-refractivity contribution in [2.24, 2.45) is 5.92 Å². The third kappa shape index (κ3) is 2.90. The Bertz CT molecular complexity index is 564. The molecular formula is C12H13F3N2O3S2. The van der Waals surface area contributed by atoms with Crippen LogP contribution in [0, 0.1) is 5.92 Å². The standard InChI is InChI=1S/C12H13F3N2O3S2/c1-2-20-9(18)7-8(6-4-3-5-22-6)16-10(21)17-11(7,19)12(13,14)15/h3-5,7-8,19H,2H2,1H3,(H2,16,17,21)/t7-,8+,11+/m1/s1. The van der Waals surface area contributed by atoms with Gasteiger partial charge in [-0.15, -0.1) is 11.3 Å². The van der Waals surface area contributed by atoms with Crippen molar-refractivity contribution in [3.05, 3.63) is 22.4 Å². The van der Waals surface area contributed by atoms with Gasteiger partial charge in [0.15, 0.2) is 5.11 Å². The second-order valence-corrected chi connectivity index (χ2v) is 5.97. The molecule has 22 heavy (non-hydrogen) atoms. The first-order chi connectivity index (χ1) is 10.2. The number of rotatable bonds is 3. The van der Waals surface area contributed by atoms with Crippen molar-refractivity contribution in [3.8, 4) is 0 Å². The van der Waals surface area contributed by atoms with Crippen LogP contribution >= 0.6 is 23.6 Å². The van der Waals surface area contributed by atoms with E-state index in [2.05, 4.69) is 5.32 Å². The Morgan fingerprint density at radius 2 is 2.27 bits per heavy atom. The second kappa shape index (κ2) is 6.01. The van der Waals surface area contributed by atoms with E-state index in [9.17, 15) is 23.1 Å². The number of carbonyl (C=O) groups is 1. The molecule has 0 aliphatic carbocycles. The normalized spacial score (nSPS) is 28.7. The highest BCUT2D eigenvalue weighted by Crippen LogP contribution is 2.43. The van der Waals surface area contributed by atoms with Crippen LogP contribution in [0.25, 0.3) is 0 Å². The van der Waals surface area contributed by atoms with Crippen LogP contribution < -0.4 is 10.6 Å². The van der Waals surface area contributed by atoms with E-state index in [0.29, 0.717) is 4.88 Å². The van der Waals surface area contributed by atoms with Crippen molar-refractivity contribution < 1.29 is 27.8 Å². The number of nitrogens with one attached hydrogen (secondary N) is 2. The number of ether oxygens (including phenoxy) is 1. The van der Waals surface area contributed by atoms with Crippen LogP contribution in [0.15, 0.2) is 17.5 Å². The molecule has 3 atom stereocenters. The molecule has 0 bridgehead atoms. The monoisotopic (exact) mass is 354 g/mol. The van der Waals surface area contributed by atoms with Crippen LogP contribution in [-0.4, -0.2) is 34.7 Å². The lowest BCUT2D eigenvalue weighted by molar-refractivity contribution is -0.292. The fourth-order valence-corrected chi connectivity index (χ4v) is 3.34. The van der Waals surface area contributed by atoms with Gasteiger partial charge in [0.1, 0.15) is 5.92 Å². The molecule has 2 rings (SSSR count). The van der Waals surface area contributed by atoms with Crippen molar-refractivity contribution in [1.82, 2.24) is 10.6 Å². The lowest BCUT2D eigenvalue weighted by Crippen LogP contribution is -2.72. The molecule has 1 aromatic heterocycles. The Labute approximate surface area is 133 Å². The first-order valence-corrected chi connectivity index (χ1v) is 7.57. The molecule has 10 heteroatoms. The molecule has 1 saturated heterocycles. The number of hydrogen-bond acceptors (Lipinski definition) is 5. The second-order valence-electron chi connectivity index (χ2n) is 4.59. The number of aliphatic hydroxyl groups is 1. The Morgan fingerprint density at radius 1 is 1.59 bits per heavy atom. The topological polar surface area (TPSA) is 70.6 Å². The summed E-state index contributed by atoms with van der Waals surface area (Å²) in [4.78, 5) is 12.5. The fraction of sp³-hybridized carbons (Fsp3) is 0.500. The summed E-state index contributed by atoms with van der Waals surface area (Å²) in [6, 6.07) is 2.04. The summed E-state index contributed by atoms with van der Waals surface area (Å²) in [6.45, 7) is 1.36. The van der Waals surface area contributed by atoms with Crippen molar-refractivity contribution in [2.45, 2.75) is 24.9 Å². The maximum atomic E-state index is 13.4. The third-order valence-corrected chi connectivity index (χ3v) is 4.37. The van der Waals surface area contributed by atoms with Gasteiger partial charge in [0.2, 0.25) is 0 Å². The Morgan fingerprint density at radius 3 is 2.77 bits per heavy atom. The first kappa shape index (κ1) is 17.0. The van der Waals surface area contributed by atoms with Gasteiger partial charge >= 0.3 is 12.1 Å². The maximum Gasteiger partial charge on any atom is 0.437 e. The highest BCUT2D eigenvalue weighted by molar-refractivity contribution is 7.80. The Hall–Kier alpha value is -1.39. The van der Waals surface area contributed by atoms with Crippen LogP contribution in [0.1, 0.15) is 17.8 Å². The average molecular weight is 354 g/mol. The minimum atomic E-state index is -5.12. The SMILES string of the molecule is CCOC(=O)[C@H]1[C@H](c2cccs2)NC(=S)N[C@@]1(O)C(F)(F)F. The van der Waals surface area contributed by atoms with Crippen LogP contribution in [0.3, 0.4) is 0 Å². The summed E-state index contributed by atoms with van der Waals surface area (Å²) in [5, 5.41) is 15.8. The molecule has 122 valence electrons. The molecule has 0 radical (unpaired) electrons. The summed E-state index contributed by atoms with van der Waals surface area (Å²) in [5.74, 6) is -3.10. The van der Waals surface area contributed by atoms with E-state index in [0.717, 1.165) is 11.3 Å². The van der Waals surface area contributed by atoms with Gasteiger partial charge in [-0.05, 0) is 30.6 Å². The van der Waals surface area contributed by atoms with E-state index in [-0.39, 0.29) is 6.61 Å². The quantitative estimate of drug-likeness (QED) is 0.567. The number of thiocarbonyl (C=S) groups is 1. The minimum absolute atomic E-state index is 0.106. The van der Waals surface area contributed by atoms with Gasteiger partial charge in [-0.2, -0.15) is 13.2 Å². The molecule has 0 saturated carbocycles. The molecule has 0 aromatic carbocycles. The van der Waals surface area contributed by atoms with Gasteiger partial charge < -0.3 is 20.5 Å². The van der Waals surface area contributed by atoms with Crippen LogP contribution in [0.4, 0.5) is 13.2 Å². The predicted molar refractivity (Wildman–Crippen MR) is 77.1 cm³/mol. The summed E-state index contributed by atoms with van der Waals surface area (Å²) >= 11 is 5.89. The number of esters is 1. The van der Waals surface area contributed by atoms with E-state index >= 15 is 0 Å². The van der Waals surface area contributed by atoms with Gasteiger partial charge in [-0.1, -0.05) is 6.07 Å². The molecule has 2 heterocycles. The van der Waals surface area contributed by atoms with Gasteiger partial charge in [-0.25, -0.2) is 0 Å². The van der Waals surface area contributed by atoms with Crippen molar-refractivity contribution in [1.29, 1.82) is 0 Å². The molecule has 0 unspecified atom stereocenters. The van der Waals surface area contributed by atoms with Crippen molar-refractivity contribution in [3.63, 3.8) is 0 Å². The first-order valence-electron chi connectivity index (χ1n) is 6.28.